The van der Waals surface area contributed by atoms with Crippen molar-refractivity contribution in [3.63, 3.8) is 0 Å². The third kappa shape index (κ3) is 3.96. The molecule has 1 aromatic heterocycles. The Kier molecular flexibility index (Phi) is 5.09. The fraction of sp³-hybridized carbons (Fsp3) is 0.429. The number of aryl methyl sites for hydroxylation is 1. The molecule has 4 rings (SSSR count). The molecule has 1 aromatic carbocycles. The van der Waals surface area contributed by atoms with Gasteiger partial charge in [0.25, 0.3) is 5.91 Å². The summed E-state index contributed by atoms with van der Waals surface area (Å²) in [5.74, 6) is 0.851. The number of aliphatic hydroxyl groups excluding tert-OH is 1. The van der Waals surface area contributed by atoms with E-state index in [1.54, 1.807) is 0 Å². The molecule has 0 bridgehead atoms. The Hall–Kier alpha value is -2.44. The molecule has 0 spiro atoms. The lowest BCUT2D eigenvalue weighted by atomic mass is 9.98. The van der Waals surface area contributed by atoms with Crippen LogP contribution in [-0.4, -0.2) is 48.3 Å². The molecular formula is C21H25N3O3. The number of β-amino-alcohol motifs (C(OH)–C–C–N with tert-alkyl or cyclic N) is 1. The molecule has 1 amide bonds. The predicted octanol–water partition coefficient (Wildman–Crippen LogP) is 2.28. The highest BCUT2D eigenvalue weighted by atomic mass is 16.5. The number of anilines is 1. The zero-order valence-electron chi connectivity index (χ0n) is 15.6. The summed E-state index contributed by atoms with van der Waals surface area (Å²) in [6.45, 7) is 4.49. The summed E-state index contributed by atoms with van der Waals surface area (Å²) >= 11 is 0. The summed E-state index contributed by atoms with van der Waals surface area (Å²) in [4.78, 5) is 19.1. The lowest BCUT2D eigenvalue weighted by Crippen LogP contribution is -2.30. The summed E-state index contributed by atoms with van der Waals surface area (Å²) in [6, 6.07) is 8.23. The highest BCUT2D eigenvalue weighted by molar-refractivity contribution is 5.96. The van der Waals surface area contributed by atoms with Crippen LogP contribution in [0.1, 0.15) is 34.3 Å². The number of hydrogen-bond donors (Lipinski definition) is 2. The first-order valence-electron chi connectivity index (χ1n) is 9.50. The van der Waals surface area contributed by atoms with Crippen LogP contribution in [0.2, 0.25) is 0 Å². The SMILES string of the molecule is Cc1ccc(C(=O)NC2CC2)cc1-c1cnc2c(c1)COCCN2CCO. The molecule has 0 atom stereocenters. The predicted molar refractivity (Wildman–Crippen MR) is 104 cm³/mol. The zero-order chi connectivity index (χ0) is 18.8. The van der Waals surface area contributed by atoms with E-state index in [9.17, 15) is 9.90 Å². The van der Waals surface area contributed by atoms with E-state index in [0.717, 1.165) is 47.5 Å². The summed E-state index contributed by atoms with van der Waals surface area (Å²) < 4.78 is 5.70. The second kappa shape index (κ2) is 7.66. The highest BCUT2D eigenvalue weighted by Crippen LogP contribution is 2.30. The number of carbonyl (C=O) groups is 1. The van der Waals surface area contributed by atoms with E-state index in [0.29, 0.717) is 31.4 Å². The first-order valence-corrected chi connectivity index (χ1v) is 9.50. The van der Waals surface area contributed by atoms with Crippen molar-refractivity contribution in [3.05, 3.63) is 47.2 Å². The van der Waals surface area contributed by atoms with Gasteiger partial charge in [0.1, 0.15) is 5.82 Å². The smallest absolute Gasteiger partial charge is 0.251 e. The van der Waals surface area contributed by atoms with Crippen LogP contribution in [0.5, 0.6) is 0 Å². The molecule has 142 valence electrons. The number of fused-ring (bicyclic) bond motifs is 1. The summed E-state index contributed by atoms with van der Waals surface area (Å²) in [6.07, 6.45) is 3.99. The normalized spacial score (nSPS) is 16.6. The van der Waals surface area contributed by atoms with Gasteiger partial charge in [-0.25, -0.2) is 4.98 Å². The Bertz CT molecular complexity index is 849. The molecule has 0 unspecified atom stereocenters. The van der Waals surface area contributed by atoms with Crippen molar-refractivity contribution >= 4 is 11.7 Å². The van der Waals surface area contributed by atoms with Crippen molar-refractivity contribution in [2.75, 3.05) is 31.2 Å². The van der Waals surface area contributed by atoms with Crippen molar-refractivity contribution in [1.82, 2.24) is 10.3 Å². The minimum absolute atomic E-state index is 0.0149. The minimum Gasteiger partial charge on any atom is -0.395 e. The van der Waals surface area contributed by atoms with E-state index in [-0.39, 0.29) is 12.5 Å². The van der Waals surface area contributed by atoms with Crippen molar-refractivity contribution in [1.29, 1.82) is 0 Å². The number of hydrogen-bond acceptors (Lipinski definition) is 5. The Labute approximate surface area is 159 Å². The molecule has 2 heterocycles. The number of ether oxygens (including phenoxy) is 1. The maximum atomic E-state index is 12.4. The number of aromatic nitrogens is 1. The van der Waals surface area contributed by atoms with Gasteiger partial charge in [0.15, 0.2) is 0 Å². The largest absolute Gasteiger partial charge is 0.395 e. The third-order valence-electron chi connectivity index (χ3n) is 5.10. The van der Waals surface area contributed by atoms with Crippen LogP contribution in [-0.2, 0) is 11.3 Å². The van der Waals surface area contributed by atoms with Crippen LogP contribution >= 0.6 is 0 Å². The number of pyridine rings is 1. The Morgan fingerprint density at radius 3 is 3.00 bits per heavy atom. The molecule has 2 aliphatic rings. The first-order chi connectivity index (χ1) is 13.2. The van der Waals surface area contributed by atoms with Crippen LogP contribution in [0.3, 0.4) is 0 Å². The number of nitrogens with one attached hydrogen (secondary N) is 1. The van der Waals surface area contributed by atoms with Gasteiger partial charge in [-0.3, -0.25) is 4.79 Å². The maximum Gasteiger partial charge on any atom is 0.251 e. The monoisotopic (exact) mass is 367 g/mol. The number of amides is 1. The summed E-state index contributed by atoms with van der Waals surface area (Å²) in [5, 5.41) is 12.3. The highest BCUT2D eigenvalue weighted by Gasteiger charge is 2.24. The molecule has 1 saturated carbocycles. The Balaban J connectivity index is 1.66. The quantitative estimate of drug-likeness (QED) is 0.848. The second-order valence-electron chi connectivity index (χ2n) is 7.25. The molecular weight excluding hydrogens is 342 g/mol. The van der Waals surface area contributed by atoms with E-state index in [1.807, 2.05) is 31.3 Å². The fourth-order valence-electron chi connectivity index (χ4n) is 3.41. The van der Waals surface area contributed by atoms with Crippen LogP contribution in [0, 0.1) is 6.92 Å². The number of carbonyl (C=O) groups excluding carboxylic acids is 1. The zero-order valence-corrected chi connectivity index (χ0v) is 15.6. The van der Waals surface area contributed by atoms with Gasteiger partial charge in [0, 0.05) is 42.0 Å². The lowest BCUT2D eigenvalue weighted by Gasteiger charge is -2.22. The number of benzene rings is 1. The average Bonchev–Trinajstić information content (AvgIpc) is 3.50. The molecule has 1 aliphatic carbocycles. The topological polar surface area (TPSA) is 74.7 Å². The fourth-order valence-corrected chi connectivity index (χ4v) is 3.41. The van der Waals surface area contributed by atoms with E-state index in [1.165, 1.54) is 0 Å². The molecule has 2 aromatic rings. The molecule has 2 N–H and O–H groups in total. The van der Waals surface area contributed by atoms with Gasteiger partial charge in [-0.2, -0.15) is 0 Å². The minimum atomic E-state index is -0.0149. The lowest BCUT2D eigenvalue weighted by molar-refractivity contribution is 0.0951. The van der Waals surface area contributed by atoms with Crippen LogP contribution in [0.25, 0.3) is 11.1 Å². The molecule has 27 heavy (non-hydrogen) atoms. The summed E-state index contributed by atoms with van der Waals surface area (Å²) in [7, 11) is 0. The molecule has 6 heteroatoms. The third-order valence-corrected chi connectivity index (χ3v) is 5.10. The van der Waals surface area contributed by atoms with E-state index < -0.39 is 0 Å². The molecule has 1 fully saturated rings. The van der Waals surface area contributed by atoms with E-state index in [4.69, 9.17) is 4.74 Å². The maximum absolute atomic E-state index is 12.4. The molecule has 0 radical (unpaired) electrons. The van der Waals surface area contributed by atoms with E-state index in [2.05, 4.69) is 21.3 Å². The average molecular weight is 367 g/mol. The van der Waals surface area contributed by atoms with Gasteiger partial charge in [0.05, 0.1) is 19.8 Å². The van der Waals surface area contributed by atoms with Crippen molar-refractivity contribution in [2.45, 2.75) is 32.4 Å². The van der Waals surface area contributed by atoms with Gasteiger partial charge in [0.2, 0.25) is 0 Å². The molecule has 6 nitrogen and oxygen atoms in total. The van der Waals surface area contributed by atoms with Crippen LogP contribution in [0.15, 0.2) is 30.5 Å². The summed E-state index contributed by atoms with van der Waals surface area (Å²) in [5.41, 5.74) is 4.76. The molecule has 1 aliphatic heterocycles. The Morgan fingerprint density at radius 2 is 2.22 bits per heavy atom. The standard InChI is InChI=1S/C21H25N3O3/c1-14-2-3-15(21(26)23-18-4-5-18)11-19(14)16-10-17-13-27-9-7-24(6-8-25)20(17)22-12-16/h2-3,10-12,18,25H,4-9,13H2,1H3,(H,23,26). The number of rotatable bonds is 5. The first kappa shape index (κ1) is 17.9. The number of nitrogens with zero attached hydrogens (tertiary/aromatic N) is 2. The Morgan fingerprint density at radius 1 is 1.37 bits per heavy atom. The van der Waals surface area contributed by atoms with Gasteiger partial charge in [-0.15, -0.1) is 0 Å². The second-order valence-corrected chi connectivity index (χ2v) is 7.25. The van der Waals surface area contributed by atoms with Crippen molar-refractivity contribution in [3.8, 4) is 11.1 Å². The van der Waals surface area contributed by atoms with Gasteiger partial charge in [-0.1, -0.05) is 6.07 Å². The van der Waals surface area contributed by atoms with Gasteiger partial charge in [-0.05, 0) is 49.1 Å². The van der Waals surface area contributed by atoms with Gasteiger partial charge >= 0.3 is 0 Å². The molecule has 0 saturated heterocycles. The number of aliphatic hydroxyl groups is 1. The van der Waals surface area contributed by atoms with Crippen molar-refractivity contribution < 1.29 is 14.6 Å². The van der Waals surface area contributed by atoms with Crippen LogP contribution < -0.4 is 10.2 Å². The van der Waals surface area contributed by atoms with Gasteiger partial charge < -0.3 is 20.1 Å². The van der Waals surface area contributed by atoms with E-state index >= 15 is 0 Å². The van der Waals surface area contributed by atoms with Crippen molar-refractivity contribution in [2.24, 2.45) is 0 Å². The van der Waals surface area contributed by atoms with Crippen LogP contribution in [0.4, 0.5) is 5.82 Å².